The summed E-state index contributed by atoms with van der Waals surface area (Å²) in [6, 6.07) is 12.1. The van der Waals surface area contributed by atoms with E-state index in [1.54, 1.807) is 18.7 Å². The van der Waals surface area contributed by atoms with E-state index < -0.39 is 12.0 Å². The number of aromatic nitrogens is 3. The van der Waals surface area contributed by atoms with Gasteiger partial charge in [0.25, 0.3) is 5.91 Å². The zero-order valence-corrected chi connectivity index (χ0v) is 14.7. The third kappa shape index (κ3) is 4.18. The van der Waals surface area contributed by atoms with Gasteiger partial charge in [0, 0.05) is 23.3 Å². The van der Waals surface area contributed by atoms with Gasteiger partial charge in [-0.1, -0.05) is 24.3 Å². The highest BCUT2D eigenvalue weighted by Gasteiger charge is 2.21. The van der Waals surface area contributed by atoms with Gasteiger partial charge < -0.3 is 15.8 Å². The summed E-state index contributed by atoms with van der Waals surface area (Å²) < 4.78 is 0. The molecule has 0 spiro atoms. The van der Waals surface area contributed by atoms with Gasteiger partial charge in [-0.2, -0.15) is 0 Å². The van der Waals surface area contributed by atoms with Crippen molar-refractivity contribution < 1.29 is 9.90 Å². The molecule has 1 aromatic carbocycles. The molecular weight excluding hydrogens is 336 g/mol. The average molecular weight is 356 g/mol. The number of nitrogens with two attached hydrogens (primary N) is 1. The summed E-state index contributed by atoms with van der Waals surface area (Å²) in [4.78, 5) is 22.9. The first-order chi connectivity index (χ1) is 12.0. The number of aromatic amines is 1. The van der Waals surface area contributed by atoms with Crippen LogP contribution in [-0.4, -0.2) is 37.8 Å². The van der Waals surface area contributed by atoms with E-state index in [-0.39, 0.29) is 11.6 Å². The molecule has 3 aromatic rings. The highest BCUT2D eigenvalue weighted by Crippen LogP contribution is 2.26. The number of nitrogens with one attached hydrogen (secondary N) is 1. The number of amides is 1. The fraction of sp³-hybridized carbons (Fsp3) is 0.278. The second-order valence-electron chi connectivity index (χ2n) is 5.86. The van der Waals surface area contributed by atoms with Crippen LogP contribution in [0.25, 0.3) is 10.9 Å². The van der Waals surface area contributed by atoms with Crippen LogP contribution < -0.4 is 5.73 Å². The minimum Gasteiger partial charge on any atom is -0.393 e. The minimum atomic E-state index is -0.586. The van der Waals surface area contributed by atoms with Crippen molar-refractivity contribution in [1.82, 2.24) is 15.0 Å². The standard InChI is InChI=1S/C18H20N4O2S/c1-11(23)13(18-20-10-15(22-18)17(19)24)8-9-25-16-7-6-12-4-2-3-5-14(12)21-16/h2-7,10-11,13,23H,8-9H2,1H3,(H2,19,24)(H,20,22)/t11-,13-/m0/s1. The monoisotopic (exact) mass is 356 g/mol. The summed E-state index contributed by atoms with van der Waals surface area (Å²) in [7, 11) is 0. The van der Waals surface area contributed by atoms with Crippen LogP contribution in [0, 0.1) is 0 Å². The molecule has 3 rings (SSSR count). The number of hydrogen-bond acceptors (Lipinski definition) is 5. The first-order valence-electron chi connectivity index (χ1n) is 8.06. The van der Waals surface area contributed by atoms with Gasteiger partial charge >= 0.3 is 0 Å². The van der Waals surface area contributed by atoms with Gasteiger partial charge in [0.05, 0.1) is 16.6 Å². The van der Waals surface area contributed by atoms with Crippen LogP contribution in [-0.2, 0) is 0 Å². The average Bonchev–Trinajstić information content (AvgIpc) is 3.08. The lowest BCUT2D eigenvalue weighted by Gasteiger charge is -2.17. The van der Waals surface area contributed by atoms with Crippen molar-refractivity contribution in [2.24, 2.45) is 5.73 Å². The van der Waals surface area contributed by atoms with Crippen LogP contribution >= 0.6 is 11.8 Å². The molecule has 0 saturated heterocycles. The van der Waals surface area contributed by atoms with Crippen LogP contribution in [0.15, 0.2) is 47.6 Å². The maximum atomic E-state index is 11.2. The highest BCUT2D eigenvalue weighted by molar-refractivity contribution is 7.99. The van der Waals surface area contributed by atoms with Crippen molar-refractivity contribution in [3.63, 3.8) is 0 Å². The van der Waals surface area contributed by atoms with E-state index in [0.29, 0.717) is 12.2 Å². The smallest absolute Gasteiger partial charge is 0.268 e. The highest BCUT2D eigenvalue weighted by atomic mass is 32.2. The number of nitrogens with zero attached hydrogens (tertiary/aromatic N) is 2. The molecule has 0 radical (unpaired) electrons. The molecule has 2 aromatic heterocycles. The number of carbonyl (C=O) groups is 1. The quantitative estimate of drug-likeness (QED) is 0.565. The number of imidazole rings is 1. The molecular formula is C18H20N4O2S. The Labute approximate surface area is 149 Å². The molecule has 0 aliphatic rings. The first-order valence-corrected chi connectivity index (χ1v) is 9.05. The van der Waals surface area contributed by atoms with Gasteiger partial charge in [0.1, 0.15) is 11.5 Å². The summed E-state index contributed by atoms with van der Waals surface area (Å²) in [5, 5.41) is 12.1. The maximum absolute atomic E-state index is 11.2. The normalized spacial score (nSPS) is 13.7. The number of H-pyrrole nitrogens is 1. The lowest BCUT2D eigenvalue weighted by atomic mass is 10.0. The van der Waals surface area contributed by atoms with Crippen molar-refractivity contribution in [3.8, 4) is 0 Å². The van der Waals surface area contributed by atoms with Crippen LogP contribution in [0.2, 0.25) is 0 Å². The number of pyridine rings is 1. The largest absolute Gasteiger partial charge is 0.393 e. The number of para-hydroxylation sites is 1. The summed E-state index contributed by atoms with van der Waals surface area (Å²) >= 11 is 1.63. The number of thioether (sulfide) groups is 1. The van der Waals surface area contributed by atoms with Crippen molar-refractivity contribution in [2.75, 3.05) is 5.75 Å². The van der Waals surface area contributed by atoms with Crippen LogP contribution in [0.3, 0.4) is 0 Å². The Morgan fingerprint density at radius 1 is 1.28 bits per heavy atom. The molecule has 6 nitrogen and oxygen atoms in total. The number of carbonyl (C=O) groups excluding carboxylic acids is 1. The second kappa shape index (κ2) is 7.67. The Balaban J connectivity index is 1.65. The number of primary amides is 1. The van der Waals surface area contributed by atoms with Gasteiger partial charge in [-0.05, 0) is 25.5 Å². The third-order valence-electron chi connectivity index (χ3n) is 4.04. The molecule has 130 valence electrons. The fourth-order valence-electron chi connectivity index (χ4n) is 2.68. The van der Waals surface area contributed by atoms with Gasteiger partial charge in [-0.25, -0.2) is 9.97 Å². The predicted molar refractivity (Wildman–Crippen MR) is 98.6 cm³/mol. The Hall–Kier alpha value is -2.38. The van der Waals surface area contributed by atoms with Gasteiger partial charge in [0.2, 0.25) is 0 Å². The lowest BCUT2D eigenvalue weighted by Crippen LogP contribution is -2.18. The number of rotatable bonds is 7. The van der Waals surface area contributed by atoms with Gasteiger partial charge in [-0.3, -0.25) is 4.79 Å². The van der Waals surface area contributed by atoms with Gasteiger partial charge in [0.15, 0.2) is 0 Å². The van der Waals surface area contributed by atoms with Crippen LogP contribution in [0.4, 0.5) is 0 Å². The lowest BCUT2D eigenvalue weighted by molar-refractivity contribution is 0.0995. The molecule has 1 amide bonds. The molecule has 2 atom stereocenters. The minimum absolute atomic E-state index is 0.185. The van der Waals surface area contributed by atoms with E-state index in [1.165, 1.54) is 6.20 Å². The summed E-state index contributed by atoms with van der Waals surface area (Å²) in [6.07, 6.45) is 1.59. The van der Waals surface area contributed by atoms with E-state index in [9.17, 15) is 9.90 Å². The van der Waals surface area contributed by atoms with Crippen molar-refractivity contribution in [3.05, 3.63) is 54.1 Å². The molecule has 0 unspecified atom stereocenters. The Morgan fingerprint density at radius 2 is 2.08 bits per heavy atom. The van der Waals surface area contributed by atoms with E-state index >= 15 is 0 Å². The predicted octanol–water partition coefficient (Wildman–Crippen LogP) is 2.70. The molecule has 0 fully saturated rings. The second-order valence-corrected chi connectivity index (χ2v) is 6.98. The molecule has 0 aliphatic heterocycles. The topological polar surface area (TPSA) is 105 Å². The van der Waals surface area contributed by atoms with E-state index in [4.69, 9.17) is 5.73 Å². The number of aliphatic hydroxyl groups is 1. The number of benzene rings is 1. The maximum Gasteiger partial charge on any atom is 0.268 e. The summed E-state index contributed by atoms with van der Waals surface area (Å²) in [5.74, 6) is 0.576. The van der Waals surface area contributed by atoms with E-state index in [1.807, 2.05) is 30.3 Å². The Morgan fingerprint density at radius 3 is 2.80 bits per heavy atom. The molecule has 0 aliphatic carbocycles. The van der Waals surface area contributed by atoms with Gasteiger partial charge in [-0.15, -0.1) is 11.8 Å². The number of fused-ring (bicyclic) bond motifs is 1. The first kappa shape index (κ1) is 17.4. The zero-order chi connectivity index (χ0) is 17.8. The third-order valence-corrected chi connectivity index (χ3v) is 5.00. The number of hydrogen-bond donors (Lipinski definition) is 3. The van der Waals surface area contributed by atoms with Crippen molar-refractivity contribution >= 4 is 28.6 Å². The molecule has 7 heteroatoms. The molecule has 0 saturated carbocycles. The van der Waals surface area contributed by atoms with Crippen molar-refractivity contribution in [1.29, 1.82) is 0 Å². The van der Waals surface area contributed by atoms with Crippen molar-refractivity contribution in [2.45, 2.75) is 30.4 Å². The summed E-state index contributed by atoms with van der Waals surface area (Å²) in [5.41, 5.74) is 6.38. The Kier molecular flexibility index (Phi) is 5.35. The van der Waals surface area contributed by atoms with E-state index in [2.05, 4.69) is 21.0 Å². The van der Waals surface area contributed by atoms with E-state index in [0.717, 1.165) is 21.7 Å². The van der Waals surface area contributed by atoms with Crippen LogP contribution in [0.1, 0.15) is 35.6 Å². The van der Waals surface area contributed by atoms with Crippen LogP contribution in [0.5, 0.6) is 0 Å². The summed E-state index contributed by atoms with van der Waals surface area (Å²) in [6.45, 7) is 1.72. The molecule has 25 heavy (non-hydrogen) atoms. The SMILES string of the molecule is C[C@H](O)[C@H](CCSc1ccc2ccccc2n1)c1nc(C(N)=O)c[nH]1. The Bertz CT molecular complexity index is 878. The molecule has 4 N–H and O–H groups in total. The molecule has 2 heterocycles. The number of aliphatic hydroxyl groups excluding tert-OH is 1. The molecule has 0 bridgehead atoms. The fourth-order valence-corrected chi connectivity index (χ4v) is 3.59. The zero-order valence-electron chi connectivity index (χ0n) is 13.8.